The van der Waals surface area contributed by atoms with E-state index < -0.39 is 0 Å². The van der Waals surface area contributed by atoms with Crippen LogP contribution in [0.15, 0.2) is 23.4 Å². The average molecular weight is 279 g/mol. The molecule has 20 heavy (non-hydrogen) atoms. The number of benzene rings is 1. The Bertz CT molecular complexity index is 490. The molecule has 1 aliphatic rings. The smallest absolute Gasteiger partial charge is 0.170 e. The van der Waals surface area contributed by atoms with E-state index in [-0.39, 0.29) is 11.7 Å². The van der Waals surface area contributed by atoms with Gasteiger partial charge in [-0.15, -0.1) is 0 Å². The first-order valence-corrected chi connectivity index (χ1v) is 7.07. The van der Waals surface area contributed by atoms with Crippen molar-refractivity contribution in [1.82, 2.24) is 5.32 Å². The third-order valence-corrected chi connectivity index (χ3v) is 4.01. The summed E-state index contributed by atoms with van der Waals surface area (Å²) >= 11 is 0. The molecule has 0 aromatic heterocycles. The van der Waals surface area contributed by atoms with Crippen molar-refractivity contribution in [3.8, 4) is 0 Å². The van der Waals surface area contributed by atoms with Crippen LogP contribution in [0, 0.1) is 17.7 Å². The maximum absolute atomic E-state index is 13.9. The van der Waals surface area contributed by atoms with Gasteiger partial charge in [0.1, 0.15) is 5.82 Å². The molecule has 4 N–H and O–H groups in total. The van der Waals surface area contributed by atoms with Gasteiger partial charge in [0, 0.05) is 17.7 Å². The molecular weight excluding hydrogens is 257 g/mol. The molecule has 0 saturated heterocycles. The van der Waals surface area contributed by atoms with Crippen LogP contribution >= 0.6 is 0 Å². The first kappa shape index (κ1) is 14.8. The lowest BCUT2D eigenvalue weighted by atomic mass is 10.1. The van der Waals surface area contributed by atoms with Crippen LogP contribution in [0.2, 0.25) is 0 Å². The summed E-state index contributed by atoms with van der Waals surface area (Å²) in [5.41, 5.74) is 6.42. The van der Waals surface area contributed by atoms with Crippen LogP contribution in [0.5, 0.6) is 0 Å². The van der Waals surface area contributed by atoms with Gasteiger partial charge in [0.05, 0.1) is 0 Å². The molecule has 1 saturated carbocycles. The number of oxime groups is 1. The number of nitrogens with two attached hydrogens (primary N) is 1. The van der Waals surface area contributed by atoms with Crippen LogP contribution in [0.4, 0.5) is 4.39 Å². The molecule has 0 radical (unpaired) electrons. The summed E-state index contributed by atoms with van der Waals surface area (Å²) in [4.78, 5) is 0. The normalized spacial score (nSPS) is 23.2. The molecule has 1 fully saturated rings. The molecule has 0 amide bonds. The highest BCUT2D eigenvalue weighted by Gasteiger charge is 2.20. The van der Waals surface area contributed by atoms with E-state index in [9.17, 15) is 4.39 Å². The van der Waals surface area contributed by atoms with Crippen molar-refractivity contribution in [3.05, 3.63) is 35.1 Å². The first-order chi connectivity index (χ1) is 9.60. The molecule has 0 spiro atoms. The van der Waals surface area contributed by atoms with E-state index >= 15 is 0 Å². The second-order valence-electron chi connectivity index (χ2n) is 5.71. The fraction of sp³-hybridized carbons (Fsp3) is 0.533. The molecule has 1 aromatic rings. The van der Waals surface area contributed by atoms with Gasteiger partial charge in [-0.2, -0.15) is 0 Å². The molecule has 0 heterocycles. The minimum absolute atomic E-state index is 0.0802. The number of nitrogens with zero attached hydrogens (tertiary/aromatic N) is 1. The lowest BCUT2D eigenvalue weighted by molar-refractivity contribution is 0.318. The summed E-state index contributed by atoms with van der Waals surface area (Å²) in [7, 11) is 0. The van der Waals surface area contributed by atoms with Gasteiger partial charge in [0.25, 0.3) is 0 Å². The van der Waals surface area contributed by atoms with E-state index in [0.29, 0.717) is 23.6 Å². The van der Waals surface area contributed by atoms with Gasteiger partial charge in [-0.3, -0.25) is 0 Å². The lowest BCUT2D eigenvalue weighted by Gasteiger charge is -2.12. The molecule has 110 valence electrons. The van der Waals surface area contributed by atoms with Crippen LogP contribution < -0.4 is 11.1 Å². The predicted octanol–water partition coefficient (Wildman–Crippen LogP) is 2.45. The van der Waals surface area contributed by atoms with Crippen molar-refractivity contribution >= 4 is 5.84 Å². The number of amidine groups is 1. The van der Waals surface area contributed by atoms with Crippen molar-refractivity contribution in [2.24, 2.45) is 22.7 Å². The van der Waals surface area contributed by atoms with E-state index in [1.54, 1.807) is 12.1 Å². The van der Waals surface area contributed by atoms with Gasteiger partial charge >= 0.3 is 0 Å². The van der Waals surface area contributed by atoms with Crippen molar-refractivity contribution in [2.75, 3.05) is 6.54 Å². The van der Waals surface area contributed by atoms with Gasteiger partial charge in [0.15, 0.2) is 5.84 Å². The number of rotatable bonds is 5. The van der Waals surface area contributed by atoms with Crippen LogP contribution in [-0.4, -0.2) is 17.6 Å². The largest absolute Gasteiger partial charge is 0.409 e. The number of nitrogens with one attached hydrogen (secondary N) is 1. The third kappa shape index (κ3) is 3.70. The summed E-state index contributed by atoms with van der Waals surface area (Å²) < 4.78 is 13.9. The molecule has 0 bridgehead atoms. The quantitative estimate of drug-likeness (QED) is 0.335. The number of hydrogen-bond donors (Lipinski definition) is 3. The molecule has 2 unspecified atom stereocenters. The van der Waals surface area contributed by atoms with Gasteiger partial charge in [0.2, 0.25) is 0 Å². The van der Waals surface area contributed by atoms with Crippen LogP contribution in [0.3, 0.4) is 0 Å². The van der Waals surface area contributed by atoms with Crippen molar-refractivity contribution in [1.29, 1.82) is 0 Å². The Morgan fingerprint density at radius 1 is 1.50 bits per heavy atom. The first-order valence-electron chi connectivity index (χ1n) is 7.07. The fourth-order valence-electron chi connectivity index (χ4n) is 2.83. The van der Waals surface area contributed by atoms with Gasteiger partial charge in [-0.25, -0.2) is 4.39 Å². The Morgan fingerprint density at radius 3 is 2.90 bits per heavy atom. The molecule has 1 aromatic carbocycles. The Labute approximate surface area is 118 Å². The maximum Gasteiger partial charge on any atom is 0.170 e. The maximum atomic E-state index is 13.9. The Balaban J connectivity index is 1.87. The molecule has 2 atom stereocenters. The second-order valence-corrected chi connectivity index (χ2v) is 5.71. The fourth-order valence-corrected chi connectivity index (χ4v) is 2.83. The Hall–Kier alpha value is -1.62. The summed E-state index contributed by atoms with van der Waals surface area (Å²) in [5.74, 6) is 1.12. The minimum atomic E-state index is -0.332. The minimum Gasteiger partial charge on any atom is -0.409 e. The predicted molar refractivity (Wildman–Crippen MR) is 77.1 cm³/mol. The van der Waals surface area contributed by atoms with Crippen molar-refractivity contribution < 1.29 is 9.60 Å². The summed E-state index contributed by atoms with van der Waals surface area (Å²) in [5, 5.41) is 14.7. The average Bonchev–Trinajstić information content (AvgIpc) is 2.85. The Morgan fingerprint density at radius 2 is 2.30 bits per heavy atom. The standard InChI is InChI=1S/C15H22FN3O/c1-10-2-3-11(6-10)8-18-9-13-5-4-12(7-14(13)16)15(17)19-20/h4-5,7,10-11,18,20H,2-3,6,8-9H2,1H3,(H2,17,19). The van der Waals surface area contributed by atoms with Gasteiger partial charge < -0.3 is 16.3 Å². The topological polar surface area (TPSA) is 70.6 Å². The van der Waals surface area contributed by atoms with E-state index in [2.05, 4.69) is 17.4 Å². The lowest BCUT2D eigenvalue weighted by Crippen LogP contribution is -2.22. The van der Waals surface area contributed by atoms with Crippen molar-refractivity contribution in [3.63, 3.8) is 0 Å². The van der Waals surface area contributed by atoms with Gasteiger partial charge in [-0.05, 0) is 37.3 Å². The molecule has 5 heteroatoms. The van der Waals surface area contributed by atoms with E-state index in [4.69, 9.17) is 10.9 Å². The summed E-state index contributed by atoms with van der Waals surface area (Å²) in [6.45, 7) is 3.73. The Kier molecular flexibility index (Phi) is 4.95. The zero-order valence-electron chi connectivity index (χ0n) is 11.8. The van der Waals surface area contributed by atoms with Crippen LogP contribution in [0.1, 0.15) is 37.3 Å². The summed E-state index contributed by atoms with van der Waals surface area (Å²) in [6.07, 6.45) is 3.83. The number of hydrogen-bond acceptors (Lipinski definition) is 3. The highest BCUT2D eigenvalue weighted by Crippen LogP contribution is 2.29. The van der Waals surface area contributed by atoms with E-state index in [1.807, 2.05) is 0 Å². The van der Waals surface area contributed by atoms with Crippen LogP contribution in [0.25, 0.3) is 0 Å². The molecular formula is C15H22FN3O. The zero-order valence-corrected chi connectivity index (χ0v) is 11.8. The molecule has 2 rings (SSSR count). The van der Waals surface area contributed by atoms with Gasteiger partial charge in [-0.1, -0.05) is 30.6 Å². The monoisotopic (exact) mass is 279 g/mol. The molecule has 1 aliphatic carbocycles. The highest BCUT2D eigenvalue weighted by atomic mass is 19.1. The van der Waals surface area contributed by atoms with Crippen molar-refractivity contribution in [2.45, 2.75) is 32.7 Å². The SMILES string of the molecule is CC1CCC(CNCc2ccc(/C(N)=N/O)cc2F)C1. The highest BCUT2D eigenvalue weighted by molar-refractivity contribution is 5.97. The summed E-state index contributed by atoms with van der Waals surface area (Å²) in [6, 6.07) is 4.63. The van der Waals surface area contributed by atoms with E-state index in [1.165, 1.54) is 25.3 Å². The molecule has 0 aliphatic heterocycles. The zero-order chi connectivity index (χ0) is 14.5. The third-order valence-electron chi connectivity index (χ3n) is 4.01. The second kappa shape index (κ2) is 6.70. The van der Waals surface area contributed by atoms with Crippen LogP contribution in [-0.2, 0) is 6.54 Å². The molecule has 4 nitrogen and oxygen atoms in total. The number of halogens is 1. The van der Waals surface area contributed by atoms with E-state index in [0.717, 1.165) is 12.5 Å².